The van der Waals surface area contributed by atoms with E-state index in [0.29, 0.717) is 29.9 Å². The Morgan fingerprint density at radius 2 is 1.68 bits per heavy atom. The van der Waals surface area contributed by atoms with E-state index in [9.17, 15) is 9.59 Å². The summed E-state index contributed by atoms with van der Waals surface area (Å²) in [6.45, 7) is 3.28. The van der Waals surface area contributed by atoms with Gasteiger partial charge in [-0.05, 0) is 42.8 Å². The van der Waals surface area contributed by atoms with Gasteiger partial charge in [0.1, 0.15) is 11.9 Å². The minimum Gasteiger partial charge on any atom is -0.490 e. The van der Waals surface area contributed by atoms with Crippen molar-refractivity contribution in [1.82, 2.24) is 9.88 Å². The predicted molar refractivity (Wildman–Crippen MR) is 119 cm³/mol. The summed E-state index contributed by atoms with van der Waals surface area (Å²) in [4.78, 5) is 30.8. The smallest absolute Gasteiger partial charge is 0.255 e. The standard InChI is InChI=1S/C25H25N3O3/c1-18-7-8-21(27-24(29)19-5-3-2-4-6-19)17-23(18)31-22-11-15-28(16-12-22)25(30)20-9-13-26-14-10-20/h2-10,13-14,17,22H,11-12,15-16H2,1H3,(H,27,29). The Morgan fingerprint density at radius 3 is 2.39 bits per heavy atom. The van der Waals surface area contributed by atoms with Gasteiger partial charge in [-0.3, -0.25) is 14.6 Å². The summed E-state index contributed by atoms with van der Waals surface area (Å²) >= 11 is 0. The zero-order valence-electron chi connectivity index (χ0n) is 17.5. The van der Waals surface area contributed by atoms with Gasteiger partial charge in [0.2, 0.25) is 0 Å². The number of nitrogens with zero attached hydrogens (tertiary/aromatic N) is 2. The number of piperidine rings is 1. The predicted octanol–water partition coefficient (Wildman–Crippen LogP) is 4.33. The zero-order chi connectivity index (χ0) is 21.6. The van der Waals surface area contributed by atoms with Gasteiger partial charge in [0, 0.05) is 61.2 Å². The number of aryl methyl sites for hydroxylation is 1. The van der Waals surface area contributed by atoms with Crippen LogP contribution in [-0.2, 0) is 0 Å². The van der Waals surface area contributed by atoms with E-state index in [1.165, 1.54) is 0 Å². The van der Waals surface area contributed by atoms with E-state index in [-0.39, 0.29) is 17.9 Å². The summed E-state index contributed by atoms with van der Waals surface area (Å²) in [6, 6.07) is 18.3. The van der Waals surface area contributed by atoms with Crippen LogP contribution in [0.4, 0.5) is 5.69 Å². The molecule has 0 saturated carbocycles. The Morgan fingerprint density at radius 1 is 0.968 bits per heavy atom. The maximum absolute atomic E-state index is 12.6. The Kier molecular flexibility index (Phi) is 6.26. The molecule has 2 aromatic carbocycles. The molecule has 6 heteroatoms. The van der Waals surface area contributed by atoms with Gasteiger partial charge in [-0.1, -0.05) is 24.3 Å². The quantitative estimate of drug-likeness (QED) is 0.673. The molecular weight excluding hydrogens is 390 g/mol. The first-order valence-corrected chi connectivity index (χ1v) is 10.4. The molecule has 0 atom stereocenters. The molecule has 31 heavy (non-hydrogen) atoms. The van der Waals surface area contributed by atoms with Gasteiger partial charge >= 0.3 is 0 Å². The van der Waals surface area contributed by atoms with Crippen molar-refractivity contribution in [2.45, 2.75) is 25.9 Å². The molecule has 0 spiro atoms. The molecule has 158 valence electrons. The van der Waals surface area contributed by atoms with E-state index in [1.54, 1.807) is 36.7 Å². The monoisotopic (exact) mass is 415 g/mol. The number of ether oxygens (including phenoxy) is 1. The van der Waals surface area contributed by atoms with Crippen LogP contribution >= 0.6 is 0 Å². The second kappa shape index (κ2) is 9.43. The minimum atomic E-state index is -0.154. The van der Waals surface area contributed by atoms with Crippen molar-refractivity contribution in [2.24, 2.45) is 0 Å². The first-order chi connectivity index (χ1) is 15.1. The van der Waals surface area contributed by atoms with E-state index in [0.717, 1.165) is 24.2 Å². The second-order valence-corrected chi connectivity index (χ2v) is 7.65. The van der Waals surface area contributed by atoms with Crippen LogP contribution in [0.3, 0.4) is 0 Å². The van der Waals surface area contributed by atoms with E-state index >= 15 is 0 Å². The molecule has 2 heterocycles. The number of carbonyl (C=O) groups is 2. The van der Waals surface area contributed by atoms with Crippen LogP contribution in [0.25, 0.3) is 0 Å². The van der Waals surface area contributed by atoms with E-state index in [2.05, 4.69) is 10.3 Å². The second-order valence-electron chi connectivity index (χ2n) is 7.65. The van der Waals surface area contributed by atoms with Crippen molar-refractivity contribution in [3.8, 4) is 5.75 Å². The zero-order valence-corrected chi connectivity index (χ0v) is 17.5. The molecule has 1 saturated heterocycles. The van der Waals surface area contributed by atoms with Gasteiger partial charge in [0.05, 0.1) is 0 Å². The Bertz CT molecular complexity index is 1050. The number of rotatable bonds is 5. The molecule has 3 aromatic rings. The first kappa shape index (κ1) is 20.6. The number of anilines is 1. The van der Waals surface area contributed by atoms with Gasteiger partial charge in [0.15, 0.2) is 0 Å². The molecule has 4 rings (SSSR count). The van der Waals surface area contributed by atoms with Crippen LogP contribution in [0.5, 0.6) is 5.75 Å². The maximum atomic E-state index is 12.6. The first-order valence-electron chi connectivity index (χ1n) is 10.4. The Hall–Kier alpha value is -3.67. The summed E-state index contributed by atoms with van der Waals surface area (Å²) in [5.74, 6) is 0.630. The van der Waals surface area contributed by atoms with Gasteiger partial charge in [-0.15, -0.1) is 0 Å². The third-order valence-electron chi connectivity index (χ3n) is 5.43. The van der Waals surface area contributed by atoms with Gasteiger partial charge in [-0.25, -0.2) is 0 Å². The summed E-state index contributed by atoms with van der Waals surface area (Å²) in [5.41, 5.74) is 2.97. The SMILES string of the molecule is Cc1ccc(NC(=O)c2ccccc2)cc1OC1CCN(C(=O)c2ccncc2)CC1. The number of amides is 2. The molecule has 2 amide bonds. The summed E-state index contributed by atoms with van der Waals surface area (Å²) in [7, 11) is 0. The van der Waals surface area contributed by atoms with Crippen LogP contribution in [0, 0.1) is 6.92 Å². The number of aromatic nitrogens is 1. The number of hydrogen-bond acceptors (Lipinski definition) is 4. The van der Waals surface area contributed by atoms with Crippen molar-refractivity contribution in [3.05, 3.63) is 89.7 Å². The number of benzene rings is 2. The molecule has 0 radical (unpaired) electrons. The summed E-state index contributed by atoms with van der Waals surface area (Å²) < 4.78 is 6.25. The topological polar surface area (TPSA) is 71.5 Å². The molecule has 6 nitrogen and oxygen atoms in total. The van der Waals surface area contributed by atoms with Gasteiger partial charge < -0.3 is 15.0 Å². The molecule has 0 bridgehead atoms. The van der Waals surface area contributed by atoms with Crippen LogP contribution in [0.15, 0.2) is 73.1 Å². The average molecular weight is 415 g/mol. The summed E-state index contributed by atoms with van der Waals surface area (Å²) in [6.07, 6.45) is 4.82. The molecule has 1 N–H and O–H groups in total. The number of hydrogen-bond donors (Lipinski definition) is 1. The van der Waals surface area contributed by atoms with E-state index in [4.69, 9.17) is 4.74 Å². The average Bonchev–Trinajstić information content (AvgIpc) is 2.82. The van der Waals surface area contributed by atoms with Crippen LogP contribution in [0.1, 0.15) is 39.1 Å². The van der Waals surface area contributed by atoms with Crippen molar-refractivity contribution >= 4 is 17.5 Å². The lowest BCUT2D eigenvalue weighted by Gasteiger charge is -2.32. The molecule has 0 unspecified atom stereocenters. The van der Waals surface area contributed by atoms with Gasteiger partial charge in [-0.2, -0.15) is 0 Å². The van der Waals surface area contributed by atoms with Crippen molar-refractivity contribution in [1.29, 1.82) is 0 Å². The molecular formula is C25H25N3O3. The number of pyridine rings is 1. The third kappa shape index (κ3) is 5.09. The fraction of sp³-hybridized carbons (Fsp3) is 0.240. The Labute approximate surface area is 181 Å². The normalized spacial score (nSPS) is 14.2. The largest absolute Gasteiger partial charge is 0.490 e. The molecule has 1 fully saturated rings. The molecule has 0 aliphatic carbocycles. The van der Waals surface area contributed by atoms with Crippen molar-refractivity contribution in [2.75, 3.05) is 18.4 Å². The molecule has 1 aromatic heterocycles. The van der Waals surface area contributed by atoms with Crippen molar-refractivity contribution in [3.63, 3.8) is 0 Å². The maximum Gasteiger partial charge on any atom is 0.255 e. The fourth-order valence-electron chi connectivity index (χ4n) is 3.63. The number of nitrogens with one attached hydrogen (secondary N) is 1. The summed E-state index contributed by atoms with van der Waals surface area (Å²) in [5, 5.41) is 2.93. The van der Waals surface area contributed by atoms with E-state index in [1.807, 2.05) is 48.2 Å². The van der Waals surface area contributed by atoms with Crippen LogP contribution < -0.4 is 10.1 Å². The third-order valence-corrected chi connectivity index (χ3v) is 5.43. The van der Waals surface area contributed by atoms with Gasteiger partial charge in [0.25, 0.3) is 11.8 Å². The minimum absolute atomic E-state index is 0.0280. The van der Waals surface area contributed by atoms with Crippen LogP contribution in [0.2, 0.25) is 0 Å². The lowest BCUT2D eigenvalue weighted by atomic mass is 10.1. The van der Waals surface area contributed by atoms with E-state index < -0.39 is 0 Å². The fourth-order valence-corrected chi connectivity index (χ4v) is 3.63. The number of likely N-dealkylation sites (tertiary alicyclic amines) is 1. The highest BCUT2D eigenvalue weighted by Crippen LogP contribution is 2.27. The van der Waals surface area contributed by atoms with Crippen LogP contribution in [-0.4, -0.2) is 40.9 Å². The highest BCUT2D eigenvalue weighted by atomic mass is 16.5. The molecule has 1 aliphatic heterocycles. The lowest BCUT2D eigenvalue weighted by molar-refractivity contribution is 0.0594. The highest BCUT2D eigenvalue weighted by Gasteiger charge is 2.25. The molecule has 1 aliphatic rings. The Balaban J connectivity index is 1.36. The highest BCUT2D eigenvalue weighted by molar-refractivity contribution is 6.04. The lowest BCUT2D eigenvalue weighted by Crippen LogP contribution is -2.41. The van der Waals surface area contributed by atoms with Crippen molar-refractivity contribution < 1.29 is 14.3 Å². The number of carbonyl (C=O) groups excluding carboxylic acids is 2.